The second kappa shape index (κ2) is 7.02. The summed E-state index contributed by atoms with van der Waals surface area (Å²) in [6, 6.07) is 0. The van der Waals surface area contributed by atoms with Gasteiger partial charge in [-0.05, 0) is 38.1 Å². The summed E-state index contributed by atoms with van der Waals surface area (Å²) in [5.74, 6) is -2.01. The molecule has 0 aromatic heterocycles. The van der Waals surface area contributed by atoms with Gasteiger partial charge in [-0.15, -0.1) is 0 Å². The Bertz CT molecular complexity index is 452. The molecule has 1 rings (SSSR count). The zero-order valence-corrected chi connectivity index (χ0v) is 16.1. The summed E-state index contributed by atoms with van der Waals surface area (Å²) < 4.78 is 17.5. The molecule has 23 heavy (non-hydrogen) atoms. The molecule has 1 aliphatic heterocycles. The van der Waals surface area contributed by atoms with Gasteiger partial charge in [-0.1, -0.05) is 20.8 Å². The first kappa shape index (κ1) is 20.3. The minimum absolute atomic E-state index is 0.0568. The van der Waals surface area contributed by atoms with E-state index in [0.717, 1.165) is 6.08 Å². The van der Waals surface area contributed by atoms with Crippen LogP contribution in [0.15, 0.2) is 12.2 Å². The minimum atomic E-state index is -1.97. The Kier molecular flexibility index (Phi) is 6.20. The van der Waals surface area contributed by atoms with Crippen molar-refractivity contribution in [1.29, 1.82) is 0 Å². The van der Waals surface area contributed by atoms with Crippen LogP contribution in [0.25, 0.3) is 0 Å². The van der Waals surface area contributed by atoms with Crippen molar-refractivity contribution in [3.8, 4) is 0 Å². The lowest BCUT2D eigenvalue weighted by Gasteiger charge is -2.44. The number of rotatable bonds is 5. The molecule has 0 aromatic rings. The first-order chi connectivity index (χ1) is 10.3. The fraction of sp³-hybridized carbons (Fsp3) is 0.812. The van der Waals surface area contributed by atoms with Gasteiger partial charge in [0.15, 0.2) is 14.1 Å². The van der Waals surface area contributed by atoms with Crippen LogP contribution in [0, 0.1) is 0 Å². The third kappa shape index (κ3) is 5.68. The predicted octanol–water partition coefficient (Wildman–Crippen LogP) is 2.53. The first-order valence-electron chi connectivity index (χ1n) is 7.84. The number of carboxylic acid groups (broad SMARTS) is 1. The second-order valence-electron chi connectivity index (χ2n) is 7.90. The molecule has 1 saturated heterocycles. The van der Waals surface area contributed by atoms with Gasteiger partial charge in [0, 0.05) is 6.08 Å². The lowest BCUT2D eigenvalue weighted by molar-refractivity contribution is -0.325. The lowest BCUT2D eigenvalue weighted by Crippen LogP contribution is -2.56. The Balaban J connectivity index is 2.82. The Hall–Kier alpha value is -0.733. The summed E-state index contributed by atoms with van der Waals surface area (Å²) in [6.45, 7) is 14.4. The summed E-state index contributed by atoms with van der Waals surface area (Å²) in [7, 11) is -1.97. The fourth-order valence-electron chi connectivity index (χ4n) is 2.04. The summed E-state index contributed by atoms with van der Waals surface area (Å²) in [6.07, 6.45) is 0.0139. The molecule has 0 aromatic carbocycles. The summed E-state index contributed by atoms with van der Waals surface area (Å²) >= 11 is 0. The van der Waals surface area contributed by atoms with E-state index in [1.54, 1.807) is 13.8 Å². The number of ether oxygens (including phenoxy) is 2. The molecule has 134 valence electrons. The molecule has 7 heteroatoms. The highest BCUT2D eigenvalue weighted by molar-refractivity contribution is 6.74. The van der Waals surface area contributed by atoms with Gasteiger partial charge < -0.3 is 24.1 Å². The zero-order valence-electron chi connectivity index (χ0n) is 15.1. The van der Waals surface area contributed by atoms with Gasteiger partial charge in [0.1, 0.15) is 18.3 Å². The van der Waals surface area contributed by atoms with E-state index < -0.39 is 38.4 Å². The number of hydrogen-bond donors (Lipinski definition) is 2. The quantitative estimate of drug-likeness (QED) is 0.588. The van der Waals surface area contributed by atoms with Gasteiger partial charge >= 0.3 is 5.97 Å². The molecule has 0 saturated carbocycles. The highest BCUT2D eigenvalue weighted by Gasteiger charge is 2.44. The van der Waals surface area contributed by atoms with E-state index in [4.69, 9.17) is 19.0 Å². The van der Waals surface area contributed by atoms with Crippen LogP contribution in [-0.4, -0.2) is 55.2 Å². The molecule has 2 N–H and O–H groups in total. The minimum Gasteiger partial charge on any atom is -0.478 e. The van der Waals surface area contributed by atoms with E-state index >= 15 is 0 Å². The van der Waals surface area contributed by atoms with Crippen LogP contribution in [0.4, 0.5) is 0 Å². The smallest absolute Gasteiger partial charge is 0.328 e. The van der Waals surface area contributed by atoms with E-state index in [9.17, 15) is 9.90 Å². The molecule has 0 bridgehead atoms. The van der Waals surface area contributed by atoms with Crippen molar-refractivity contribution in [3.05, 3.63) is 12.2 Å². The van der Waals surface area contributed by atoms with Gasteiger partial charge in [-0.2, -0.15) is 0 Å². The van der Waals surface area contributed by atoms with Gasteiger partial charge in [-0.25, -0.2) is 4.79 Å². The topological polar surface area (TPSA) is 85.2 Å². The maximum Gasteiger partial charge on any atom is 0.328 e. The molecule has 6 nitrogen and oxygen atoms in total. The molecule has 0 unspecified atom stereocenters. The molecular formula is C16H30O6Si. The van der Waals surface area contributed by atoms with Crippen molar-refractivity contribution in [3.63, 3.8) is 0 Å². The lowest BCUT2D eigenvalue weighted by atomic mass is 10.0. The molecule has 0 spiro atoms. The third-order valence-corrected chi connectivity index (χ3v) is 8.92. The molecule has 0 aliphatic carbocycles. The van der Waals surface area contributed by atoms with E-state index in [2.05, 4.69) is 33.9 Å². The second-order valence-corrected chi connectivity index (χ2v) is 12.7. The van der Waals surface area contributed by atoms with Crippen LogP contribution in [0.1, 0.15) is 34.6 Å². The van der Waals surface area contributed by atoms with Crippen LogP contribution in [0.5, 0.6) is 0 Å². The molecule has 3 atom stereocenters. The van der Waals surface area contributed by atoms with Crippen LogP contribution in [0.2, 0.25) is 18.1 Å². The average molecular weight is 346 g/mol. The third-order valence-electron chi connectivity index (χ3n) is 4.42. The Labute approximate surface area is 139 Å². The number of carbonyl (C=O) groups is 1. The van der Waals surface area contributed by atoms with Gasteiger partial charge in [0.05, 0.1) is 6.61 Å². The van der Waals surface area contributed by atoms with Crippen molar-refractivity contribution in [1.82, 2.24) is 0 Å². The molecule has 0 amide bonds. The maximum absolute atomic E-state index is 10.7. The highest BCUT2D eigenvalue weighted by atomic mass is 28.4. The summed E-state index contributed by atoms with van der Waals surface area (Å²) in [5, 5.41) is 19.2. The SMILES string of the molecule is CC1(C)O[C@H](/C=C/C(=O)O)[C@H](O)[C@@H](CO[Si](C)(C)C(C)(C)C)O1. The maximum atomic E-state index is 10.7. The van der Waals surface area contributed by atoms with Crippen LogP contribution in [-0.2, 0) is 18.7 Å². The Morgan fingerprint density at radius 2 is 1.87 bits per heavy atom. The molecule has 1 heterocycles. The molecule has 1 fully saturated rings. The van der Waals surface area contributed by atoms with E-state index in [1.807, 2.05) is 0 Å². The molecule has 0 radical (unpaired) electrons. The largest absolute Gasteiger partial charge is 0.478 e. The average Bonchev–Trinajstić information content (AvgIpc) is 2.36. The van der Waals surface area contributed by atoms with Crippen molar-refractivity contribution in [2.45, 2.75) is 76.8 Å². The monoisotopic (exact) mass is 346 g/mol. The summed E-state index contributed by atoms with van der Waals surface area (Å²) in [5.41, 5.74) is 0. The van der Waals surface area contributed by atoms with Gasteiger partial charge in [-0.3, -0.25) is 0 Å². The number of hydrogen-bond acceptors (Lipinski definition) is 5. The standard InChI is InChI=1S/C16H30O6Si/c1-15(2,3)23(6,7)20-10-12-14(19)11(8-9-13(17)18)21-16(4,5)22-12/h8-9,11-12,14,19H,10H2,1-7H3,(H,17,18)/b9-8+/t11-,12-,14+/m1/s1. The van der Waals surface area contributed by atoms with Crippen LogP contribution >= 0.6 is 0 Å². The highest BCUT2D eigenvalue weighted by Crippen LogP contribution is 2.37. The van der Waals surface area contributed by atoms with Crippen LogP contribution < -0.4 is 0 Å². The molecular weight excluding hydrogens is 316 g/mol. The van der Waals surface area contributed by atoms with E-state index in [1.165, 1.54) is 6.08 Å². The van der Waals surface area contributed by atoms with Crippen molar-refractivity contribution in [2.75, 3.05) is 6.61 Å². The molecule has 1 aliphatic rings. The number of aliphatic hydroxyl groups is 1. The van der Waals surface area contributed by atoms with E-state index in [-0.39, 0.29) is 11.6 Å². The number of carboxylic acids is 1. The number of aliphatic carboxylic acids is 1. The zero-order chi connectivity index (χ0) is 18.1. The number of aliphatic hydroxyl groups excluding tert-OH is 1. The van der Waals surface area contributed by atoms with Crippen molar-refractivity contribution < 1.29 is 28.9 Å². The van der Waals surface area contributed by atoms with Gasteiger partial charge in [0.2, 0.25) is 0 Å². The van der Waals surface area contributed by atoms with Crippen molar-refractivity contribution >= 4 is 14.3 Å². The fourth-order valence-corrected chi connectivity index (χ4v) is 3.05. The first-order valence-corrected chi connectivity index (χ1v) is 10.7. The predicted molar refractivity (Wildman–Crippen MR) is 89.8 cm³/mol. The van der Waals surface area contributed by atoms with E-state index in [0.29, 0.717) is 0 Å². The van der Waals surface area contributed by atoms with Crippen LogP contribution in [0.3, 0.4) is 0 Å². The van der Waals surface area contributed by atoms with Gasteiger partial charge in [0.25, 0.3) is 0 Å². The van der Waals surface area contributed by atoms with Crippen molar-refractivity contribution in [2.24, 2.45) is 0 Å². The Morgan fingerprint density at radius 3 is 2.35 bits per heavy atom. The Morgan fingerprint density at radius 1 is 1.30 bits per heavy atom. The summed E-state index contributed by atoms with van der Waals surface area (Å²) in [4.78, 5) is 10.7. The normalized spacial score (nSPS) is 29.0.